The van der Waals surface area contributed by atoms with Gasteiger partial charge in [-0.15, -0.1) is 0 Å². The second-order valence-corrected chi connectivity index (χ2v) is 5.86. The molecule has 1 nitrogen and oxygen atoms in total. The molecule has 0 saturated heterocycles. The van der Waals surface area contributed by atoms with Crippen molar-refractivity contribution in [2.45, 2.75) is 31.8 Å². The van der Waals surface area contributed by atoms with Crippen molar-refractivity contribution in [2.75, 3.05) is 0 Å². The van der Waals surface area contributed by atoms with Gasteiger partial charge in [0.05, 0.1) is 0 Å². The topological polar surface area (TPSA) is 20.2 Å². The van der Waals surface area contributed by atoms with E-state index in [2.05, 4.69) is 37.9 Å². The number of allylic oxidation sites excluding steroid dienone is 1. The molecule has 1 N–H and O–H groups in total. The summed E-state index contributed by atoms with van der Waals surface area (Å²) < 4.78 is 1.98. The Balaban J connectivity index is 2.26. The van der Waals surface area contributed by atoms with E-state index in [4.69, 9.17) is 0 Å². The molecule has 0 fully saturated rings. The van der Waals surface area contributed by atoms with Crippen molar-refractivity contribution in [1.82, 2.24) is 0 Å². The summed E-state index contributed by atoms with van der Waals surface area (Å²) in [4.78, 5) is 0. The molecule has 0 saturated carbocycles. The summed E-state index contributed by atoms with van der Waals surface area (Å²) in [7, 11) is 0. The van der Waals surface area contributed by atoms with Gasteiger partial charge in [-0.2, -0.15) is 0 Å². The van der Waals surface area contributed by atoms with E-state index in [0.29, 0.717) is 0 Å². The van der Waals surface area contributed by atoms with E-state index in [0.717, 1.165) is 32.9 Å². The lowest BCUT2D eigenvalue weighted by Crippen LogP contribution is -2.05. The Labute approximate surface area is 113 Å². The van der Waals surface area contributed by atoms with Gasteiger partial charge in [-0.05, 0) is 49.0 Å². The van der Waals surface area contributed by atoms with E-state index in [9.17, 15) is 5.11 Å². The third-order valence-corrected chi connectivity index (χ3v) is 4.11. The Bertz CT molecular complexity index is 412. The van der Waals surface area contributed by atoms with Crippen LogP contribution in [-0.2, 0) is 0 Å². The first kappa shape index (κ1) is 12.3. The van der Waals surface area contributed by atoms with Gasteiger partial charge in [0.1, 0.15) is 6.10 Å². The van der Waals surface area contributed by atoms with E-state index < -0.39 is 6.10 Å². The number of halogens is 2. The first-order valence-electron chi connectivity index (χ1n) is 5.50. The largest absolute Gasteiger partial charge is 0.384 e. The fourth-order valence-corrected chi connectivity index (χ4v) is 3.30. The van der Waals surface area contributed by atoms with Crippen LogP contribution in [0.3, 0.4) is 0 Å². The van der Waals surface area contributed by atoms with Crippen LogP contribution in [0.5, 0.6) is 0 Å². The zero-order valence-electron chi connectivity index (χ0n) is 8.92. The van der Waals surface area contributed by atoms with Gasteiger partial charge < -0.3 is 5.11 Å². The van der Waals surface area contributed by atoms with E-state index in [1.807, 2.05) is 18.2 Å². The van der Waals surface area contributed by atoms with Crippen molar-refractivity contribution in [3.05, 3.63) is 44.4 Å². The van der Waals surface area contributed by atoms with Gasteiger partial charge in [0.25, 0.3) is 0 Å². The molecule has 1 aromatic rings. The van der Waals surface area contributed by atoms with Crippen molar-refractivity contribution in [3.63, 3.8) is 0 Å². The summed E-state index contributed by atoms with van der Waals surface area (Å²) in [5.74, 6) is 0. The predicted molar refractivity (Wildman–Crippen MR) is 73.4 cm³/mol. The monoisotopic (exact) mass is 344 g/mol. The smallest absolute Gasteiger partial charge is 0.101 e. The summed E-state index contributed by atoms with van der Waals surface area (Å²) in [5.41, 5.74) is 2.12. The van der Waals surface area contributed by atoms with E-state index in [1.54, 1.807) is 0 Å². The van der Waals surface area contributed by atoms with Crippen LogP contribution >= 0.6 is 31.9 Å². The Hall–Kier alpha value is -0.120. The molecule has 0 aromatic heterocycles. The molecule has 0 heterocycles. The second-order valence-electron chi connectivity index (χ2n) is 4.09. The van der Waals surface area contributed by atoms with Crippen molar-refractivity contribution in [3.8, 4) is 0 Å². The van der Waals surface area contributed by atoms with E-state index in [-0.39, 0.29) is 0 Å². The molecule has 1 aromatic carbocycles. The lowest BCUT2D eigenvalue weighted by Gasteiger charge is -2.20. The fourth-order valence-electron chi connectivity index (χ4n) is 2.03. The van der Waals surface area contributed by atoms with Gasteiger partial charge in [-0.1, -0.05) is 44.0 Å². The van der Waals surface area contributed by atoms with Crippen molar-refractivity contribution >= 4 is 31.9 Å². The minimum atomic E-state index is -0.456. The van der Waals surface area contributed by atoms with Crippen LogP contribution in [0.25, 0.3) is 0 Å². The van der Waals surface area contributed by atoms with E-state index in [1.165, 1.54) is 12.8 Å². The van der Waals surface area contributed by atoms with Gasteiger partial charge in [-0.3, -0.25) is 0 Å². The molecule has 0 radical (unpaired) electrons. The minimum absolute atomic E-state index is 0.456. The molecular formula is C13H14Br2O. The minimum Gasteiger partial charge on any atom is -0.384 e. The van der Waals surface area contributed by atoms with Crippen molar-refractivity contribution in [1.29, 1.82) is 0 Å². The highest BCUT2D eigenvalue weighted by Crippen LogP contribution is 2.34. The highest BCUT2D eigenvalue weighted by Gasteiger charge is 2.17. The number of hydrogen-bond donors (Lipinski definition) is 1. The summed E-state index contributed by atoms with van der Waals surface area (Å²) in [6.07, 6.45) is 6.28. The van der Waals surface area contributed by atoms with Gasteiger partial charge >= 0.3 is 0 Å². The van der Waals surface area contributed by atoms with Crippen LogP contribution in [0.15, 0.2) is 38.8 Å². The zero-order valence-corrected chi connectivity index (χ0v) is 12.1. The Morgan fingerprint density at radius 3 is 2.62 bits per heavy atom. The van der Waals surface area contributed by atoms with Gasteiger partial charge in [0, 0.05) is 8.95 Å². The summed E-state index contributed by atoms with van der Waals surface area (Å²) in [6.45, 7) is 0. The maximum absolute atomic E-state index is 10.3. The van der Waals surface area contributed by atoms with Crippen LogP contribution in [0.4, 0.5) is 0 Å². The van der Waals surface area contributed by atoms with Crippen LogP contribution in [-0.4, -0.2) is 5.11 Å². The van der Waals surface area contributed by atoms with Crippen molar-refractivity contribution in [2.24, 2.45) is 0 Å². The average molecular weight is 346 g/mol. The first-order valence-corrected chi connectivity index (χ1v) is 7.09. The highest BCUT2D eigenvalue weighted by atomic mass is 79.9. The highest BCUT2D eigenvalue weighted by molar-refractivity contribution is 9.11. The van der Waals surface area contributed by atoms with E-state index >= 15 is 0 Å². The lowest BCUT2D eigenvalue weighted by atomic mass is 9.92. The number of rotatable bonds is 2. The van der Waals surface area contributed by atoms with Crippen LogP contribution in [0, 0.1) is 0 Å². The van der Waals surface area contributed by atoms with Gasteiger partial charge in [0.2, 0.25) is 0 Å². The van der Waals surface area contributed by atoms with Crippen LogP contribution in [0.2, 0.25) is 0 Å². The standard InChI is InChI=1S/C13H14Br2O/c14-10-6-7-11(12(15)8-10)13(16)9-4-2-1-3-5-9/h4,6-8,13,16H,1-3,5H2. The quantitative estimate of drug-likeness (QED) is 0.767. The molecule has 1 aliphatic rings. The molecular weight excluding hydrogens is 332 g/mol. The molecule has 86 valence electrons. The maximum Gasteiger partial charge on any atom is 0.101 e. The number of aliphatic hydroxyl groups is 1. The third kappa shape index (κ3) is 2.76. The molecule has 16 heavy (non-hydrogen) atoms. The molecule has 1 aliphatic carbocycles. The molecule has 0 aliphatic heterocycles. The maximum atomic E-state index is 10.3. The summed E-state index contributed by atoms with van der Waals surface area (Å²) in [5, 5.41) is 10.3. The summed E-state index contributed by atoms with van der Waals surface area (Å²) in [6, 6.07) is 5.91. The van der Waals surface area contributed by atoms with Gasteiger partial charge in [0.15, 0.2) is 0 Å². The normalized spacial score (nSPS) is 18.1. The molecule has 2 rings (SSSR count). The lowest BCUT2D eigenvalue weighted by molar-refractivity contribution is 0.207. The third-order valence-electron chi connectivity index (χ3n) is 2.93. The molecule has 0 spiro atoms. The fraction of sp³-hybridized carbons (Fsp3) is 0.385. The molecule has 0 amide bonds. The molecule has 0 bridgehead atoms. The average Bonchev–Trinajstić information content (AvgIpc) is 2.29. The number of hydrogen-bond acceptors (Lipinski definition) is 1. The Morgan fingerprint density at radius 2 is 2.00 bits per heavy atom. The number of benzene rings is 1. The van der Waals surface area contributed by atoms with Crippen LogP contribution < -0.4 is 0 Å². The number of aliphatic hydroxyl groups excluding tert-OH is 1. The molecule has 1 unspecified atom stereocenters. The van der Waals surface area contributed by atoms with Gasteiger partial charge in [-0.25, -0.2) is 0 Å². The molecule has 3 heteroatoms. The predicted octanol–water partition coefficient (Wildman–Crippen LogP) is 4.75. The summed E-state index contributed by atoms with van der Waals surface area (Å²) >= 11 is 6.91. The zero-order chi connectivity index (χ0) is 11.5. The van der Waals surface area contributed by atoms with Crippen LogP contribution in [0.1, 0.15) is 37.4 Å². The second kappa shape index (κ2) is 5.48. The Morgan fingerprint density at radius 1 is 1.19 bits per heavy atom. The van der Waals surface area contributed by atoms with Crippen molar-refractivity contribution < 1.29 is 5.11 Å². The molecule has 1 atom stereocenters. The SMILES string of the molecule is OC(C1=CCCCC1)c1ccc(Br)cc1Br. The first-order chi connectivity index (χ1) is 7.68. The Kier molecular flexibility index (Phi) is 4.22.